The molecule has 2 aromatic carbocycles. The molecule has 172 valence electrons. The molecule has 33 heavy (non-hydrogen) atoms. The van der Waals surface area contributed by atoms with Gasteiger partial charge < -0.3 is 15.5 Å². The Balaban J connectivity index is 1.51. The fraction of sp³-hybridized carbons (Fsp3) is 0.360. The zero-order valence-corrected chi connectivity index (χ0v) is 18.1. The summed E-state index contributed by atoms with van der Waals surface area (Å²) in [7, 11) is 0. The lowest BCUT2D eigenvalue weighted by Crippen LogP contribution is -2.50. The molecule has 1 unspecified atom stereocenters. The summed E-state index contributed by atoms with van der Waals surface area (Å²) in [6, 6.07) is 12.9. The molecule has 2 atom stereocenters. The van der Waals surface area contributed by atoms with E-state index in [1.807, 2.05) is 0 Å². The van der Waals surface area contributed by atoms with Gasteiger partial charge in [-0.15, -0.1) is 0 Å². The van der Waals surface area contributed by atoms with Gasteiger partial charge in [-0.05, 0) is 59.9 Å². The molecule has 0 radical (unpaired) electrons. The van der Waals surface area contributed by atoms with Crippen LogP contribution in [-0.2, 0) is 16.1 Å². The Bertz CT molecular complexity index is 1090. The zero-order chi connectivity index (χ0) is 23.0. The van der Waals surface area contributed by atoms with Crippen molar-refractivity contribution in [1.82, 2.24) is 10.2 Å². The van der Waals surface area contributed by atoms with Crippen LogP contribution in [0.5, 0.6) is 11.5 Å². The first-order chi connectivity index (χ1) is 16.0. The molecule has 4 N–H and O–H groups in total. The van der Waals surface area contributed by atoms with Crippen LogP contribution in [0.1, 0.15) is 43.2 Å². The van der Waals surface area contributed by atoms with E-state index in [4.69, 9.17) is 4.89 Å². The normalized spacial score (nSPS) is 24.9. The van der Waals surface area contributed by atoms with Crippen LogP contribution in [0.2, 0.25) is 0 Å². The molecule has 0 bridgehead atoms. The number of nitrogens with one attached hydrogen (secondary N) is 1. The molecule has 2 heterocycles. The smallest absolute Gasteiger partial charge is 0.290 e. The highest BCUT2D eigenvalue weighted by Crippen LogP contribution is 2.36. The van der Waals surface area contributed by atoms with E-state index in [0.29, 0.717) is 17.3 Å². The van der Waals surface area contributed by atoms with Crippen LogP contribution in [0.3, 0.4) is 0 Å². The predicted molar refractivity (Wildman–Crippen MR) is 122 cm³/mol. The number of carbonyl (C=O) groups is 1. The van der Waals surface area contributed by atoms with E-state index in [9.17, 15) is 20.3 Å². The lowest BCUT2D eigenvalue weighted by Gasteiger charge is -2.33. The van der Waals surface area contributed by atoms with Gasteiger partial charge in [-0.25, -0.2) is 10.2 Å². The van der Waals surface area contributed by atoms with Crippen molar-refractivity contribution in [3.05, 3.63) is 65.9 Å². The molecular weight excluding hydrogens is 422 g/mol. The average molecular weight is 450 g/mol. The third kappa shape index (κ3) is 4.07. The summed E-state index contributed by atoms with van der Waals surface area (Å²) >= 11 is 0. The number of fused-ring (bicyclic) bond motifs is 1. The third-order valence-corrected chi connectivity index (χ3v) is 6.75. The van der Waals surface area contributed by atoms with Gasteiger partial charge >= 0.3 is 0 Å². The minimum Gasteiger partial charge on any atom is -0.508 e. The molecule has 0 spiro atoms. The van der Waals surface area contributed by atoms with Gasteiger partial charge in [0, 0.05) is 12.6 Å². The van der Waals surface area contributed by atoms with Crippen molar-refractivity contribution in [2.75, 3.05) is 0 Å². The molecular formula is C25H27N3O5. The SMILES string of the molecule is O=C1N2C=C(c3ccc(O)cc3)N[C@H](CC3CCCC3)C2=NC1(Cc1ccc(O)cc1)OO. The van der Waals surface area contributed by atoms with Crippen LogP contribution < -0.4 is 5.32 Å². The highest BCUT2D eigenvalue weighted by atomic mass is 17.1. The molecule has 1 amide bonds. The first-order valence-electron chi connectivity index (χ1n) is 11.3. The number of amides is 1. The fourth-order valence-electron chi connectivity index (χ4n) is 5.01. The van der Waals surface area contributed by atoms with E-state index in [1.165, 1.54) is 29.9 Å². The number of phenolic OH excluding ortho intramolecular Hbond substituents is 2. The average Bonchev–Trinajstić information content (AvgIpc) is 3.43. The Hall–Kier alpha value is -3.36. The maximum atomic E-state index is 13.5. The Morgan fingerprint density at radius 1 is 1.03 bits per heavy atom. The van der Waals surface area contributed by atoms with Crippen molar-refractivity contribution in [2.24, 2.45) is 10.9 Å². The van der Waals surface area contributed by atoms with E-state index < -0.39 is 11.6 Å². The standard InChI is InChI=1S/C25H27N3O5/c29-19-9-5-17(6-10-19)14-25(33-32)24(31)28-15-22(18-7-11-20(30)12-8-18)26-21(23(28)27-25)13-16-3-1-2-4-16/h5-12,15-16,21,26,29-30,32H,1-4,13-14H2/t21-,25?/m1/s1. The quantitative estimate of drug-likeness (QED) is 0.396. The second-order valence-corrected chi connectivity index (χ2v) is 9.04. The number of aliphatic imine (C=N–C) groups is 1. The predicted octanol–water partition coefficient (Wildman–Crippen LogP) is 3.62. The molecule has 1 aliphatic carbocycles. The van der Waals surface area contributed by atoms with Crippen LogP contribution >= 0.6 is 0 Å². The molecule has 8 heteroatoms. The number of rotatable bonds is 6. The van der Waals surface area contributed by atoms with Crippen LogP contribution in [0.25, 0.3) is 5.70 Å². The summed E-state index contributed by atoms with van der Waals surface area (Å²) in [5.41, 5.74) is 0.478. The maximum Gasteiger partial charge on any atom is 0.290 e. The molecule has 1 saturated carbocycles. The topological polar surface area (TPSA) is 115 Å². The van der Waals surface area contributed by atoms with Gasteiger partial charge in [-0.3, -0.25) is 9.69 Å². The van der Waals surface area contributed by atoms with Gasteiger partial charge in [-0.1, -0.05) is 37.8 Å². The number of carbonyl (C=O) groups excluding carboxylic acids is 1. The van der Waals surface area contributed by atoms with E-state index >= 15 is 0 Å². The second kappa shape index (κ2) is 8.53. The van der Waals surface area contributed by atoms with Gasteiger partial charge in [0.25, 0.3) is 11.6 Å². The number of aromatic hydroxyl groups is 2. The Morgan fingerprint density at radius 3 is 2.30 bits per heavy atom. The lowest BCUT2D eigenvalue weighted by molar-refractivity contribution is -0.308. The van der Waals surface area contributed by atoms with Crippen LogP contribution in [0, 0.1) is 5.92 Å². The number of hydrogen-bond donors (Lipinski definition) is 4. The van der Waals surface area contributed by atoms with Crippen LogP contribution in [0.15, 0.2) is 59.7 Å². The summed E-state index contributed by atoms with van der Waals surface area (Å²) in [5, 5.41) is 32.6. The summed E-state index contributed by atoms with van der Waals surface area (Å²) in [6.07, 6.45) is 7.23. The van der Waals surface area contributed by atoms with Crippen molar-refractivity contribution in [3.8, 4) is 11.5 Å². The highest BCUT2D eigenvalue weighted by Gasteiger charge is 2.53. The van der Waals surface area contributed by atoms with Gasteiger partial charge in [0.2, 0.25) is 0 Å². The number of phenols is 2. The first kappa shape index (κ1) is 21.5. The van der Waals surface area contributed by atoms with E-state index in [-0.39, 0.29) is 24.0 Å². The van der Waals surface area contributed by atoms with Crippen LogP contribution in [0.4, 0.5) is 0 Å². The largest absolute Gasteiger partial charge is 0.508 e. The fourth-order valence-corrected chi connectivity index (χ4v) is 5.01. The van der Waals surface area contributed by atoms with Crippen molar-refractivity contribution in [2.45, 2.75) is 50.3 Å². The molecule has 1 fully saturated rings. The van der Waals surface area contributed by atoms with Crippen molar-refractivity contribution < 1.29 is 25.2 Å². The minimum absolute atomic E-state index is 0.0289. The Morgan fingerprint density at radius 2 is 1.67 bits per heavy atom. The van der Waals surface area contributed by atoms with Crippen LogP contribution in [-0.4, -0.2) is 43.9 Å². The Kier molecular flexibility index (Phi) is 5.55. The molecule has 3 aliphatic rings. The second-order valence-electron chi connectivity index (χ2n) is 9.04. The summed E-state index contributed by atoms with van der Waals surface area (Å²) in [4.78, 5) is 24.4. The molecule has 5 rings (SSSR count). The Labute approximate surface area is 191 Å². The highest BCUT2D eigenvalue weighted by molar-refractivity contribution is 6.12. The number of hydrogen-bond acceptors (Lipinski definition) is 7. The first-order valence-corrected chi connectivity index (χ1v) is 11.3. The summed E-state index contributed by atoms with van der Waals surface area (Å²) in [6.45, 7) is 0. The number of benzene rings is 2. The zero-order valence-electron chi connectivity index (χ0n) is 18.1. The summed E-state index contributed by atoms with van der Waals surface area (Å²) in [5.74, 6) is 0.869. The monoisotopic (exact) mass is 449 g/mol. The molecule has 2 aromatic rings. The summed E-state index contributed by atoms with van der Waals surface area (Å²) < 4.78 is 0. The van der Waals surface area contributed by atoms with E-state index in [2.05, 4.69) is 10.3 Å². The molecule has 2 aliphatic heterocycles. The van der Waals surface area contributed by atoms with Crippen molar-refractivity contribution in [3.63, 3.8) is 0 Å². The van der Waals surface area contributed by atoms with Crippen molar-refractivity contribution >= 4 is 17.4 Å². The minimum atomic E-state index is -1.79. The van der Waals surface area contributed by atoms with Gasteiger partial charge in [0.15, 0.2) is 0 Å². The molecule has 0 aromatic heterocycles. The number of nitrogens with zero attached hydrogens (tertiary/aromatic N) is 2. The van der Waals surface area contributed by atoms with Gasteiger partial charge in [0.05, 0.1) is 11.7 Å². The maximum absolute atomic E-state index is 13.5. The van der Waals surface area contributed by atoms with E-state index in [0.717, 1.165) is 30.5 Å². The lowest BCUT2D eigenvalue weighted by atomic mass is 9.95. The van der Waals surface area contributed by atoms with Gasteiger partial charge in [-0.2, -0.15) is 4.89 Å². The molecule has 8 nitrogen and oxygen atoms in total. The third-order valence-electron chi connectivity index (χ3n) is 6.75. The molecule has 0 saturated heterocycles. The van der Waals surface area contributed by atoms with Gasteiger partial charge in [0.1, 0.15) is 17.3 Å². The number of amidine groups is 1. The van der Waals surface area contributed by atoms with Crippen molar-refractivity contribution in [1.29, 1.82) is 0 Å². The van der Waals surface area contributed by atoms with E-state index in [1.54, 1.807) is 42.6 Å².